The van der Waals surface area contributed by atoms with Gasteiger partial charge < -0.3 is 19.9 Å². The molecule has 5 nitrogen and oxygen atoms in total. The van der Waals surface area contributed by atoms with Crippen LogP contribution in [0.1, 0.15) is 12.8 Å². The number of hydrogen-bond acceptors (Lipinski definition) is 2. The second-order valence-electron chi connectivity index (χ2n) is 5.36. The lowest BCUT2D eigenvalue weighted by Gasteiger charge is -2.23. The molecule has 1 atom stereocenters. The Bertz CT molecular complexity index is 657. The molecule has 2 amide bonds. The normalized spacial score (nSPS) is 17.7. The number of nitrogens with zero attached hydrogens (tertiary/aromatic N) is 2. The highest BCUT2D eigenvalue weighted by Gasteiger charge is 2.28. The van der Waals surface area contributed by atoms with Crippen molar-refractivity contribution in [3.8, 4) is 5.69 Å². The summed E-state index contributed by atoms with van der Waals surface area (Å²) in [6.45, 7) is 0.509. The third-order valence-corrected chi connectivity index (χ3v) is 3.94. The lowest BCUT2D eigenvalue weighted by Crippen LogP contribution is -2.40. The highest BCUT2D eigenvalue weighted by atomic mass is 19.1. The molecule has 3 rings (SSSR count). The molecule has 2 N–H and O–H groups in total. The van der Waals surface area contributed by atoms with Crippen molar-refractivity contribution >= 4 is 11.7 Å². The maximum Gasteiger partial charge on any atom is 0.322 e. The summed E-state index contributed by atoms with van der Waals surface area (Å²) in [5, 5.41) is 11.9. The average Bonchev–Trinajstić information content (AvgIpc) is 3.20. The van der Waals surface area contributed by atoms with Crippen LogP contribution in [-0.4, -0.2) is 39.8 Å². The molecule has 1 saturated heterocycles. The number of aliphatic hydroxyl groups excluding tert-OH is 1. The highest BCUT2D eigenvalue weighted by Crippen LogP contribution is 2.22. The molecule has 1 fully saturated rings. The van der Waals surface area contributed by atoms with Crippen LogP contribution in [0.2, 0.25) is 0 Å². The van der Waals surface area contributed by atoms with Gasteiger partial charge in [-0.05, 0) is 43.2 Å². The second-order valence-corrected chi connectivity index (χ2v) is 5.36. The Kier molecular flexibility index (Phi) is 4.11. The van der Waals surface area contributed by atoms with Crippen LogP contribution in [0, 0.1) is 5.82 Å². The number of halogens is 1. The van der Waals surface area contributed by atoms with Crippen molar-refractivity contribution in [2.45, 2.75) is 18.9 Å². The van der Waals surface area contributed by atoms with E-state index in [4.69, 9.17) is 0 Å². The van der Waals surface area contributed by atoms with Gasteiger partial charge in [0.2, 0.25) is 0 Å². The monoisotopic (exact) mass is 303 g/mol. The summed E-state index contributed by atoms with van der Waals surface area (Å²) in [4.78, 5) is 13.8. The van der Waals surface area contributed by atoms with E-state index >= 15 is 0 Å². The van der Waals surface area contributed by atoms with E-state index in [1.54, 1.807) is 17.0 Å². The van der Waals surface area contributed by atoms with Gasteiger partial charge in [0.1, 0.15) is 5.82 Å². The zero-order chi connectivity index (χ0) is 15.5. The number of benzene rings is 1. The van der Waals surface area contributed by atoms with Crippen LogP contribution in [-0.2, 0) is 0 Å². The number of hydrogen-bond donors (Lipinski definition) is 2. The van der Waals surface area contributed by atoms with Crippen molar-refractivity contribution in [3.05, 3.63) is 48.5 Å². The summed E-state index contributed by atoms with van der Waals surface area (Å²) < 4.78 is 15.8. The Balaban J connectivity index is 1.80. The molecule has 1 aliphatic heterocycles. The summed E-state index contributed by atoms with van der Waals surface area (Å²) in [6, 6.07) is 7.76. The third kappa shape index (κ3) is 2.82. The fourth-order valence-electron chi connectivity index (χ4n) is 2.76. The first-order valence-corrected chi connectivity index (χ1v) is 7.30. The summed E-state index contributed by atoms with van der Waals surface area (Å²) in [5.74, 6) is -0.482. The molecule has 0 aliphatic carbocycles. The minimum atomic E-state index is -0.482. The zero-order valence-electron chi connectivity index (χ0n) is 12.1. The van der Waals surface area contributed by atoms with Gasteiger partial charge in [-0.3, -0.25) is 0 Å². The van der Waals surface area contributed by atoms with E-state index in [1.165, 1.54) is 6.07 Å². The molecule has 0 radical (unpaired) electrons. The number of amides is 2. The first-order chi connectivity index (χ1) is 10.7. The van der Waals surface area contributed by atoms with Gasteiger partial charge in [0.25, 0.3) is 0 Å². The lowest BCUT2D eigenvalue weighted by molar-refractivity contribution is 0.166. The van der Waals surface area contributed by atoms with Crippen LogP contribution in [0.4, 0.5) is 14.9 Å². The molecule has 1 aromatic carbocycles. The number of nitrogens with one attached hydrogen (secondary N) is 1. The average molecular weight is 303 g/mol. The molecule has 1 aliphatic rings. The quantitative estimate of drug-likeness (QED) is 0.915. The maximum atomic E-state index is 13.9. The van der Waals surface area contributed by atoms with E-state index in [2.05, 4.69) is 5.32 Å². The molecule has 0 saturated carbocycles. The van der Waals surface area contributed by atoms with Crippen molar-refractivity contribution < 1.29 is 14.3 Å². The van der Waals surface area contributed by atoms with Crippen molar-refractivity contribution in [3.63, 3.8) is 0 Å². The molecule has 1 aromatic heterocycles. The predicted octanol–water partition coefficient (Wildman–Crippen LogP) is 2.61. The van der Waals surface area contributed by atoms with E-state index in [9.17, 15) is 14.3 Å². The number of aliphatic hydroxyl groups is 1. The zero-order valence-corrected chi connectivity index (χ0v) is 12.1. The Morgan fingerprint density at radius 3 is 2.86 bits per heavy atom. The van der Waals surface area contributed by atoms with E-state index < -0.39 is 5.82 Å². The Morgan fingerprint density at radius 1 is 1.36 bits per heavy atom. The number of likely N-dealkylation sites (tertiary alicyclic amines) is 1. The van der Waals surface area contributed by atoms with Crippen LogP contribution >= 0.6 is 0 Å². The number of anilines is 1. The number of carbonyl (C=O) groups is 1. The van der Waals surface area contributed by atoms with Gasteiger partial charge in [-0.15, -0.1) is 0 Å². The van der Waals surface area contributed by atoms with E-state index in [-0.39, 0.29) is 24.4 Å². The molecule has 0 spiro atoms. The Morgan fingerprint density at radius 2 is 2.14 bits per heavy atom. The highest BCUT2D eigenvalue weighted by molar-refractivity contribution is 5.90. The third-order valence-electron chi connectivity index (χ3n) is 3.94. The van der Waals surface area contributed by atoms with Gasteiger partial charge >= 0.3 is 6.03 Å². The fraction of sp³-hybridized carbons (Fsp3) is 0.312. The van der Waals surface area contributed by atoms with Gasteiger partial charge in [-0.25, -0.2) is 9.18 Å². The van der Waals surface area contributed by atoms with E-state index in [0.29, 0.717) is 6.54 Å². The molecule has 22 heavy (non-hydrogen) atoms. The van der Waals surface area contributed by atoms with E-state index in [0.717, 1.165) is 18.5 Å². The van der Waals surface area contributed by atoms with Crippen LogP contribution in [0.15, 0.2) is 42.7 Å². The summed E-state index contributed by atoms with van der Waals surface area (Å²) in [5.41, 5.74) is 0.904. The minimum Gasteiger partial charge on any atom is -0.394 e. The van der Waals surface area contributed by atoms with Gasteiger partial charge in [0.15, 0.2) is 0 Å². The fourth-order valence-corrected chi connectivity index (χ4v) is 2.76. The molecule has 2 heterocycles. The van der Waals surface area contributed by atoms with Gasteiger partial charge in [0.05, 0.1) is 18.3 Å². The van der Waals surface area contributed by atoms with Crippen LogP contribution < -0.4 is 5.32 Å². The predicted molar refractivity (Wildman–Crippen MR) is 81.6 cm³/mol. The van der Waals surface area contributed by atoms with Crippen LogP contribution in [0.25, 0.3) is 5.69 Å². The largest absolute Gasteiger partial charge is 0.394 e. The number of carbonyl (C=O) groups excluding carboxylic acids is 1. The van der Waals surface area contributed by atoms with Gasteiger partial charge in [-0.2, -0.15) is 0 Å². The molecule has 0 bridgehead atoms. The van der Waals surface area contributed by atoms with Gasteiger partial charge in [0, 0.05) is 24.6 Å². The van der Waals surface area contributed by atoms with Gasteiger partial charge in [-0.1, -0.05) is 0 Å². The number of rotatable bonds is 3. The van der Waals surface area contributed by atoms with Crippen molar-refractivity contribution in [2.75, 3.05) is 18.5 Å². The molecule has 0 unspecified atom stereocenters. The summed E-state index contributed by atoms with van der Waals surface area (Å²) >= 11 is 0. The second kappa shape index (κ2) is 6.19. The van der Waals surface area contributed by atoms with Crippen molar-refractivity contribution in [2.24, 2.45) is 0 Å². The van der Waals surface area contributed by atoms with Crippen LogP contribution in [0.3, 0.4) is 0 Å². The summed E-state index contributed by atoms with van der Waals surface area (Å²) in [7, 11) is 0. The molecular formula is C16H18FN3O2. The SMILES string of the molecule is O=C(Nc1cc(-n2cccc2)ccc1F)N1CCC[C@@H]1CO. The Labute approximate surface area is 128 Å². The van der Waals surface area contributed by atoms with Crippen molar-refractivity contribution in [1.29, 1.82) is 0 Å². The first kappa shape index (κ1) is 14.6. The standard InChI is InChI=1S/C16H18FN3O2/c17-14-6-5-12(19-7-1-2-8-19)10-15(14)18-16(22)20-9-3-4-13(20)11-21/h1-2,5-8,10,13,21H,3-4,9,11H2,(H,18,22)/t13-/m1/s1. The van der Waals surface area contributed by atoms with E-state index in [1.807, 2.05) is 29.1 Å². The van der Waals surface area contributed by atoms with Crippen molar-refractivity contribution in [1.82, 2.24) is 9.47 Å². The first-order valence-electron chi connectivity index (χ1n) is 7.30. The minimum absolute atomic E-state index is 0.0701. The molecule has 6 heteroatoms. The smallest absolute Gasteiger partial charge is 0.322 e. The Hall–Kier alpha value is -2.34. The summed E-state index contributed by atoms with van der Waals surface area (Å²) in [6.07, 6.45) is 5.32. The molecular weight excluding hydrogens is 285 g/mol. The topological polar surface area (TPSA) is 57.5 Å². The number of aromatic nitrogens is 1. The molecule has 2 aromatic rings. The lowest BCUT2D eigenvalue weighted by atomic mass is 10.2. The molecule has 116 valence electrons. The maximum absolute atomic E-state index is 13.9. The van der Waals surface area contributed by atoms with Crippen LogP contribution in [0.5, 0.6) is 0 Å². The number of urea groups is 1.